The van der Waals surface area contributed by atoms with Crippen molar-refractivity contribution in [2.24, 2.45) is 5.92 Å². The summed E-state index contributed by atoms with van der Waals surface area (Å²) in [5, 5.41) is 3.84. The minimum Gasteiger partial charge on any atom is -0.309 e. The van der Waals surface area contributed by atoms with Gasteiger partial charge in [0.25, 0.3) is 0 Å². The second kappa shape index (κ2) is 4.30. The molecule has 1 N–H and O–H groups in total. The summed E-state index contributed by atoms with van der Waals surface area (Å²) in [4.78, 5) is 2.80. The van der Waals surface area contributed by atoms with Crippen molar-refractivity contribution in [1.29, 1.82) is 0 Å². The third kappa shape index (κ3) is 2.02. The molecule has 2 unspecified atom stereocenters. The van der Waals surface area contributed by atoms with Crippen LogP contribution < -0.4 is 5.32 Å². The fourth-order valence-electron chi connectivity index (χ4n) is 3.95. The fourth-order valence-corrected chi connectivity index (χ4v) is 3.95. The number of hydrogen-bond donors (Lipinski definition) is 1. The molecule has 2 heteroatoms. The van der Waals surface area contributed by atoms with Crippen LogP contribution in [0.2, 0.25) is 0 Å². The van der Waals surface area contributed by atoms with Crippen molar-refractivity contribution in [3.05, 3.63) is 0 Å². The minimum atomic E-state index is 0.511. The number of rotatable bonds is 2. The van der Waals surface area contributed by atoms with Crippen molar-refractivity contribution in [2.75, 3.05) is 19.6 Å². The number of nitrogens with one attached hydrogen (secondary N) is 1. The Morgan fingerprint density at radius 2 is 2.06 bits per heavy atom. The van der Waals surface area contributed by atoms with Gasteiger partial charge in [-0.05, 0) is 25.2 Å². The zero-order chi connectivity index (χ0) is 11.0. The van der Waals surface area contributed by atoms with Gasteiger partial charge in [0.2, 0.25) is 0 Å². The molecule has 3 aliphatic rings. The van der Waals surface area contributed by atoms with Crippen molar-refractivity contribution in [3.8, 4) is 0 Å². The molecule has 2 nitrogen and oxygen atoms in total. The van der Waals surface area contributed by atoms with Crippen LogP contribution >= 0.6 is 0 Å². The van der Waals surface area contributed by atoms with E-state index in [1.807, 2.05) is 0 Å². The van der Waals surface area contributed by atoms with Crippen molar-refractivity contribution >= 4 is 0 Å². The first kappa shape index (κ1) is 11.0. The van der Waals surface area contributed by atoms with E-state index in [1.54, 1.807) is 0 Å². The van der Waals surface area contributed by atoms with E-state index >= 15 is 0 Å². The highest BCUT2D eigenvalue weighted by Crippen LogP contribution is 2.41. The molecule has 1 saturated heterocycles. The van der Waals surface area contributed by atoms with Gasteiger partial charge in [-0.3, -0.25) is 4.90 Å². The van der Waals surface area contributed by atoms with Crippen LogP contribution in [0.4, 0.5) is 0 Å². The first-order valence-corrected chi connectivity index (χ1v) is 7.32. The first-order chi connectivity index (χ1) is 7.83. The van der Waals surface area contributed by atoms with Crippen LogP contribution in [-0.2, 0) is 0 Å². The maximum absolute atomic E-state index is 3.84. The van der Waals surface area contributed by atoms with E-state index in [4.69, 9.17) is 0 Å². The van der Waals surface area contributed by atoms with E-state index in [2.05, 4.69) is 17.1 Å². The Kier molecular flexibility index (Phi) is 2.97. The Morgan fingerprint density at radius 3 is 2.75 bits per heavy atom. The van der Waals surface area contributed by atoms with E-state index in [1.165, 1.54) is 64.6 Å². The summed E-state index contributed by atoms with van der Waals surface area (Å²) in [5.41, 5.74) is 0.511. The summed E-state index contributed by atoms with van der Waals surface area (Å²) in [5.74, 6) is 1.03. The highest BCUT2D eigenvalue weighted by molar-refractivity contribution is 5.03. The Labute approximate surface area is 99.8 Å². The molecule has 16 heavy (non-hydrogen) atoms. The molecule has 0 aromatic carbocycles. The summed E-state index contributed by atoms with van der Waals surface area (Å²) in [6.07, 6.45) is 10.1. The highest BCUT2D eigenvalue weighted by atomic mass is 15.3. The van der Waals surface area contributed by atoms with Gasteiger partial charge in [-0.15, -0.1) is 0 Å². The molecule has 2 atom stereocenters. The van der Waals surface area contributed by atoms with Gasteiger partial charge in [-0.1, -0.05) is 32.6 Å². The average Bonchev–Trinajstić information content (AvgIpc) is 3.09. The maximum atomic E-state index is 3.84. The van der Waals surface area contributed by atoms with Crippen LogP contribution in [0, 0.1) is 5.92 Å². The molecular formula is C14H26N2. The molecule has 0 bridgehead atoms. The van der Waals surface area contributed by atoms with Crippen molar-refractivity contribution in [3.63, 3.8) is 0 Å². The van der Waals surface area contributed by atoms with E-state index in [0.717, 1.165) is 12.0 Å². The zero-order valence-corrected chi connectivity index (χ0v) is 10.7. The molecule has 0 amide bonds. The zero-order valence-electron chi connectivity index (χ0n) is 10.7. The second-order valence-electron chi connectivity index (χ2n) is 6.21. The van der Waals surface area contributed by atoms with Gasteiger partial charge in [-0.25, -0.2) is 0 Å². The van der Waals surface area contributed by atoms with Gasteiger partial charge in [-0.2, -0.15) is 0 Å². The minimum absolute atomic E-state index is 0.511. The fraction of sp³-hybridized carbons (Fsp3) is 1.00. The third-order valence-electron chi connectivity index (χ3n) is 5.09. The molecule has 3 rings (SSSR count). The molecule has 0 aromatic rings. The summed E-state index contributed by atoms with van der Waals surface area (Å²) in [6, 6.07) is 0.950. The van der Waals surface area contributed by atoms with Crippen LogP contribution in [0.1, 0.15) is 51.9 Å². The summed E-state index contributed by atoms with van der Waals surface area (Å²) in [7, 11) is 0. The van der Waals surface area contributed by atoms with E-state index in [-0.39, 0.29) is 0 Å². The molecule has 0 radical (unpaired) electrons. The van der Waals surface area contributed by atoms with Crippen molar-refractivity contribution in [2.45, 2.75) is 63.5 Å². The van der Waals surface area contributed by atoms with Gasteiger partial charge in [0.05, 0.1) is 0 Å². The van der Waals surface area contributed by atoms with Gasteiger partial charge in [0.1, 0.15) is 0 Å². The molecule has 1 spiro atoms. The Bertz CT molecular complexity index is 240. The van der Waals surface area contributed by atoms with Gasteiger partial charge >= 0.3 is 0 Å². The highest BCUT2D eigenvalue weighted by Gasteiger charge is 2.45. The molecule has 3 fully saturated rings. The van der Waals surface area contributed by atoms with Gasteiger partial charge in [0.15, 0.2) is 0 Å². The number of piperazine rings is 1. The molecule has 0 aromatic heterocycles. The van der Waals surface area contributed by atoms with Crippen molar-refractivity contribution in [1.82, 2.24) is 10.2 Å². The summed E-state index contributed by atoms with van der Waals surface area (Å²) < 4.78 is 0. The Hall–Kier alpha value is -0.0800. The first-order valence-electron chi connectivity index (χ1n) is 7.32. The lowest BCUT2D eigenvalue weighted by Crippen LogP contribution is -2.61. The van der Waals surface area contributed by atoms with Crippen LogP contribution in [0.25, 0.3) is 0 Å². The average molecular weight is 222 g/mol. The summed E-state index contributed by atoms with van der Waals surface area (Å²) >= 11 is 0. The van der Waals surface area contributed by atoms with E-state index < -0.39 is 0 Å². The molecule has 2 aliphatic carbocycles. The summed E-state index contributed by atoms with van der Waals surface area (Å²) in [6.45, 7) is 6.22. The molecule has 2 saturated carbocycles. The smallest absolute Gasteiger partial charge is 0.0309 e. The van der Waals surface area contributed by atoms with Crippen LogP contribution in [0.3, 0.4) is 0 Å². The molecule has 1 aliphatic heterocycles. The normalized spacial score (nSPS) is 38.8. The van der Waals surface area contributed by atoms with Crippen LogP contribution in [0.5, 0.6) is 0 Å². The molecule has 92 valence electrons. The lowest BCUT2D eigenvalue weighted by atomic mass is 9.80. The van der Waals surface area contributed by atoms with Crippen LogP contribution in [0.15, 0.2) is 0 Å². The quantitative estimate of drug-likeness (QED) is 0.772. The number of hydrogen-bond acceptors (Lipinski definition) is 2. The standard InChI is InChI=1S/C14H26N2/c1-2-12-10-13(12)16-9-8-15-14(11-16)6-4-3-5-7-14/h12-13,15H,2-11H2,1H3. The molecule has 1 heterocycles. The third-order valence-corrected chi connectivity index (χ3v) is 5.09. The lowest BCUT2D eigenvalue weighted by molar-refractivity contribution is 0.0901. The Morgan fingerprint density at radius 1 is 1.25 bits per heavy atom. The van der Waals surface area contributed by atoms with Gasteiger partial charge < -0.3 is 5.32 Å². The monoisotopic (exact) mass is 222 g/mol. The lowest BCUT2D eigenvalue weighted by Gasteiger charge is -2.46. The SMILES string of the molecule is CCC1CC1N1CCNC2(CCCCC2)C1. The van der Waals surface area contributed by atoms with E-state index in [0.29, 0.717) is 5.54 Å². The predicted octanol–water partition coefficient (Wildman–Crippen LogP) is 2.39. The number of nitrogens with zero attached hydrogens (tertiary/aromatic N) is 1. The largest absolute Gasteiger partial charge is 0.309 e. The van der Waals surface area contributed by atoms with E-state index in [9.17, 15) is 0 Å². The molecular weight excluding hydrogens is 196 g/mol. The predicted molar refractivity (Wildman–Crippen MR) is 67.6 cm³/mol. The topological polar surface area (TPSA) is 15.3 Å². The van der Waals surface area contributed by atoms with Crippen LogP contribution in [-0.4, -0.2) is 36.1 Å². The second-order valence-corrected chi connectivity index (χ2v) is 6.21. The Balaban J connectivity index is 1.61. The maximum Gasteiger partial charge on any atom is 0.0309 e. The van der Waals surface area contributed by atoms with Gasteiger partial charge in [0, 0.05) is 31.2 Å². The van der Waals surface area contributed by atoms with Crippen molar-refractivity contribution < 1.29 is 0 Å².